The van der Waals surface area contributed by atoms with Crippen LogP contribution in [0.1, 0.15) is 72.1 Å². The molecule has 3 heteroatoms. The van der Waals surface area contributed by atoms with Gasteiger partial charge in [0.2, 0.25) is 0 Å². The van der Waals surface area contributed by atoms with E-state index < -0.39 is 18.4 Å². The number of unbranched alkanes of at least 4 members (excludes halogenated alkanes) is 3. The zero-order chi connectivity index (χ0) is 14.9. The molecule has 0 saturated heterocycles. The van der Waals surface area contributed by atoms with Crippen LogP contribution in [0.25, 0.3) is 0 Å². The molecule has 0 aromatic heterocycles. The topological polar surface area (TPSA) is 29.5 Å². The van der Waals surface area contributed by atoms with Gasteiger partial charge < -0.3 is 0 Å². The summed E-state index contributed by atoms with van der Waals surface area (Å²) in [6.45, 7) is 6.85. The Hall–Kier alpha value is 0.459. The molecule has 118 valence electrons. The summed E-state index contributed by atoms with van der Waals surface area (Å²) < 4.78 is 3.94. The predicted octanol–water partition coefficient (Wildman–Crippen LogP) is 5.95. The van der Waals surface area contributed by atoms with Crippen molar-refractivity contribution >= 4 is 18.4 Å². The zero-order valence-corrected chi connectivity index (χ0v) is 16.6. The van der Waals surface area contributed by atoms with Crippen LogP contribution >= 0.6 is 0 Å². The minimum absolute atomic E-state index is 0.214. The Morgan fingerprint density at radius 3 is 1.80 bits per heavy atom. The molecule has 0 amide bonds. The molecule has 20 heavy (non-hydrogen) atoms. The first-order valence-corrected chi connectivity index (χ1v) is 16.2. The quantitative estimate of drug-likeness (QED) is 0.205. The Kier molecular flexibility index (Phi) is 8.76. The van der Waals surface area contributed by atoms with Crippen molar-refractivity contribution in [2.24, 2.45) is 0 Å². The number of rotatable bonds is 11. The minimum atomic E-state index is -2.53. The van der Waals surface area contributed by atoms with E-state index in [9.17, 15) is 5.26 Å². The summed E-state index contributed by atoms with van der Waals surface area (Å²) >= 11 is -2.53. The molecule has 0 radical (unpaired) electrons. The van der Waals surface area contributed by atoms with E-state index in [1.165, 1.54) is 51.8 Å². The monoisotopic (exact) mass is 390 g/mol. The Morgan fingerprint density at radius 1 is 1.00 bits per heavy atom. The van der Waals surface area contributed by atoms with Crippen molar-refractivity contribution < 1.29 is 10.1 Å². The molecule has 0 aliphatic heterocycles. The van der Waals surface area contributed by atoms with Gasteiger partial charge in [-0.2, -0.15) is 0 Å². The fourth-order valence-electron chi connectivity index (χ4n) is 3.82. The summed E-state index contributed by atoms with van der Waals surface area (Å²) in [6.07, 6.45) is 14.4. The third-order valence-corrected chi connectivity index (χ3v) is 23.0. The van der Waals surface area contributed by atoms with Crippen LogP contribution < -0.4 is 0 Å². The molecule has 0 aromatic carbocycles. The van der Waals surface area contributed by atoms with Crippen LogP contribution in [0.2, 0.25) is 13.3 Å². The third kappa shape index (κ3) is 4.23. The second-order valence-electron chi connectivity index (χ2n) is 6.51. The summed E-state index contributed by atoms with van der Waals surface area (Å²) in [7, 11) is 0. The van der Waals surface area contributed by atoms with Gasteiger partial charge in [0.05, 0.1) is 0 Å². The summed E-state index contributed by atoms with van der Waals surface area (Å²) in [6, 6.07) is 0. The molecule has 1 aliphatic rings. The van der Waals surface area contributed by atoms with E-state index in [-0.39, 0.29) is 3.62 Å². The van der Waals surface area contributed by atoms with Gasteiger partial charge in [0, 0.05) is 0 Å². The van der Waals surface area contributed by atoms with Gasteiger partial charge in [0.1, 0.15) is 0 Å². The molecule has 1 rings (SSSR count). The Bertz CT molecular complexity index is 269. The van der Waals surface area contributed by atoms with Crippen molar-refractivity contribution in [3.05, 3.63) is 12.2 Å². The van der Waals surface area contributed by atoms with Crippen LogP contribution in [0.4, 0.5) is 0 Å². The van der Waals surface area contributed by atoms with Crippen LogP contribution in [0.15, 0.2) is 12.2 Å². The first-order chi connectivity index (χ1) is 9.70. The van der Waals surface area contributed by atoms with Gasteiger partial charge in [0.25, 0.3) is 0 Å². The van der Waals surface area contributed by atoms with Gasteiger partial charge in [0.15, 0.2) is 0 Å². The first kappa shape index (κ1) is 18.5. The summed E-state index contributed by atoms with van der Waals surface area (Å²) in [5.41, 5.74) is 0. The summed E-state index contributed by atoms with van der Waals surface area (Å²) in [5, 5.41) is 9.75. The second-order valence-corrected chi connectivity index (χ2v) is 20.5. The van der Waals surface area contributed by atoms with Crippen LogP contribution in [0, 0.1) is 0 Å². The van der Waals surface area contributed by atoms with E-state index in [1.54, 1.807) is 0 Å². The third-order valence-electron chi connectivity index (χ3n) is 5.16. The molecule has 1 unspecified atom stereocenters. The molecular formula is C17H34O2Sn. The van der Waals surface area contributed by atoms with E-state index in [0.29, 0.717) is 0 Å². The standard InChI is InChI=1S/C5H7O2.3C4H9.Sn/c6-7-5-3-1-2-4-5;3*1-3-4-2;/h1,3,6H,2,4H2;3*1,3-4H2,2H3;. The first-order valence-electron chi connectivity index (χ1n) is 8.70. The van der Waals surface area contributed by atoms with Gasteiger partial charge in [-0.15, -0.1) is 0 Å². The van der Waals surface area contributed by atoms with E-state index >= 15 is 0 Å². The molecular weight excluding hydrogens is 355 g/mol. The van der Waals surface area contributed by atoms with Crippen LogP contribution in [-0.2, 0) is 4.89 Å². The van der Waals surface area contributed by atoms with Crippen molar-refractivity contribution in [3.8, 4) is 0 Å². The predicted molar refractivity (Wildman–Crippen MR) is 89.7 cm³/mol. The fraction of sp³-hybridized carbons (Fsp3) is 0.882. The second kappa shape index (κ2) is 9.47. The van der Waals surface area contributed by atoms with Crippen LogP contribution in [0.5, 0.6) is 0 Å². The van der Waals surface area contributed by atoms with Crippen LogP contribution in [-0.4, -0.2) is 27.3 Å². The van der Waals surface area contributed by atoms with Crippen molar-refractivity contribution in [3.63, 3.8) is 0 Å². The maximum absolute atomic E-state index is 9.75. The Morgan fingerprint density at radius 2 is 1.50 bits per heavy atom. The molecule has 0 fully saturated rings. The van der Waals surface area contributed by atoms with Gasteiger partial charge in [-0.1, -0.05) is 0 Å². The van der Waals surface area contributed by atoms with E-state index in [2.05, 4.69) is 32.9 Å². The fourth-order valence-corrected chi connectivity index (χ4v) is 22.2. The molecule has 0 aromatic rings. The number of hydrogen-bond acceptors (Lipinski definition) is 2. The summed E-state index contributed by atoms with van der Waals surface area (Å²) in [4.78, 5) is 5.26. The van der Waals surface area contributed by atoms with Crippen LogP contribution in [0.3, 0.4) is 0 Å². The molecule has 0 heterocycles. The van der Waals surface area contributed by atoms with Crippen molar-refractivity contribution in [2.45, 2.75) is 89.1 Å². The average Bonchev–Trinajstić information content (AvgIpc) is 2.97. The van der Waals surface area contributed by atoms with Gasteiger partial charge in [-0.25, -0.2) is 0 Å². The van der Waals surface area contributed by atoms with Gasteiger partial charge in [-0.3, -0.25) is 0 Å². The molecule has 2 nitrogen and oxygen atoms in total. The molecule has 1 atom stereocenters. The molecule has 0 saturated carbocycles. The van der Waals surface area contributed by atoms with E-state index in [0.717, 1.165) is 12.8 Å². The van der Waals surface area contributed by atoms with Crippen molar-refractivity contribution in [2.75, 3.05) is 0 Å². The Balaban J connectivity index is 3.00. The molecule has 1 aliphatic carbocycles. The zero-order valence-electron chi connectivity index (χ0n) is 13.8. The van der Waals surface area contributed by atoms with Gasteiger partial charge in [-0.05, 0) is 0 Å². The molecule has 0 bridgehead atoms. The van der Waals surface area contributed by atoms with Crippen molar-refractivity contribution in [1.29, 1.82) is 0 Å². The number of allylic oxidation sites excluding steroid dienone is 1. The Labute approximate surface area is 129 Å². The van der Waals surface area contributed by atoms with E-state index in [4.69, 9.17) is 4.89 Å². The van der Waals surface area contributed by atoms with Crippen molar-refractivity contribution in [1.82, 2.24) is 0 Å². The summed E-state index contributed by atoms with van der Waals surface area (Å²) in [5.74, 6) is 0. The normalized spacial score (nSPS) is 22.6. The molecule has 1 N–H and O–H groups in total. The molecule has 0 spiro atoms. The van der Waals surface area contributed by atoms with E-state index in [1.807, 2.05) is 0 Å². The number of hydrogen-bond donors (Lipinski definition) is 1. The SMILES string of the molecule is CCC[CH2][Sn]([CH2]CCC)([CH2]CCC)[C]1(OO)C=CCC1. The van der Waals surface area contributed by atoms with Gasteiger partial charge >= 0.3 is 130 Å². The maximum atomic E-state index is 9.75. The average molecular weight is 389 g/mol.